The number of aromatic hydroxyl groups is 1. The Morgan fingerprint density at radius 1 is 1.07 bits per heavy atom. The highest BCUT2D eigenvalue weighted by Crippen LogP contribution is 2.32. The Morgan fingerprint density at radius 3 is 2.43 bits per heavy atom. The van der Waals surface area contributed by atoms with Gasteiger partial charge in [0.1, 0.15) is 22.7 Å². The zero-order valence-corrected chi connectivity index (χ0v) is 15.6. The lowest BCUT2D eigenvalue weighted by atomic mass is 10.2. The molecule has 8 heteroatoms. The van der Waals surface area contributed by atoms with Crippen molar-refractivity contribution in [2.24, 2.45) is 4.99 Å². The Hall–Kier alpha value is -3.81. The number of hydrogen-bond donors (Lipinski definition) is 2. The summed E-state index contributed by atoms with van der Waals surface area (Å²) in [6.45, 7) is 1.56. The molecule has 3 aromatic rings. The van der Waals surface area contributed by atoms with Crippen molar-refractivity contribution in [1.82, 2.24) is 9.55 Å². The standard InChI is InChI=1S/C20H19N3O5/c1-12(21-15-11-14(27-2)9-10-16(15)28-3)17-18(24)22-20(26)23(19(17)25)13-7-5-4-6-8-13/h4-11,25H,1-3H3,(H,22,24,26). The van der Waals surface area contributed by atoms with Gasteiger partial charge in [0.15, 0.2) is 0 Å². The predicted octanol–water partition coefficient (Wildman–Crippen LogP) is 2.39. The third kappa shape index (κ3) is 3.52. The summed E-state index contributed by atoms with van der Waals surface area (Å²) in [5, 5.41) is 10.7. The molecule has 0 aliphatic heterocycles. The van der Waals surface area contributed by atoms with E-state index in [1.165, 1.54) is 14.2 Å². The number of nitrogens with zero attached hydrogens (tertiary/aromatic N) is 2. The van der Waals surface area contributed by atoms with Gasteiger partial charge in [-0.3, -0.25) is 9.78 Å². The van der Waals surface area contributed by atoms with Crippen LogP contribution < -0.4 is 20.7 Å². The van der Waals surface area contributed by atoms with Crippen LogP contribution in [0.3, 0.4) is 0 Å². The summed E-state index contributed by atoms with van der Waals surface area (Å²) in [4.78, 5) is 31.3. The van der Waals surface area contributed by atoms with E-state index >= 15 is 0 Å². The summed E-state index contributed by atoms with van der Waals surface area (Å²) in [6, 6.07) is 13.5. The third-order valence-electron chi connectivity index (χ3n) is 4.14. The van der Waals surface area contributed by atoms with E-state index in [1.54, 1.807) is 55.5 Å². The monoisotopic (exact) mass is 381 g/mol. The lowest BCUT2D eigenvalue weighted by Gasteiger charge is -2.12. The van der Waals surface area contributed by atoms with E-state index in [4.69, 9.17) is 9.47 Å². The number of aromatic nitrogens is 2. The second-order valence-corrected chi connectivity index (χ2v) is 5.86. The topological polar surface area (TPSA) is 106 Å². The van der Waals surface area contributed by atoms with Crippen LogP contribution in [-0.4, -0.2) is 34.6 Å². The van der Waals surface area contributed by atoms with Crippen molar-refractivity contribution >= 4 is 11.4 Å². The molecule has 0 amide bonds. The number of benzene rings is 2. The van der Waals surface area contributed by atoms with Gasteiger partial charge in [-0.2, -0.15) is 0 Å². The van der Waals surface area contributed by atoms with Gasteiger partial charge in [0, 0.05) is 6.07 Å². The van der Waals surface area contributed by atoms with E-state index in [1.807, 2.05) is 0 Å². The molecule has 1 heterocycles. The van der Waals surface area contributed by atoms with Gasteiger partial charge in [0.2, 0.25) is 5.88 Å². The minimum atomic E-state index is -0.746. The van der Waals surface area contributed by atoms with Gasteiger partial charge in [0.25, 0.3) is 5.56 Å². The maximum absolute atomic E-state index is 12.4. The Morgan fingerprint density at radius 2 is 1.79 bits per heavy atom. The predicted molar refractivity (Wildman–Crippen MR) is 106 cm³/mol. The van der Waals surface area contributed by atoms with E-state index in [-0.39, 0.29) is 11.3 Å². The highest BCUT2D eigenvalue weighted by molar-refractivity contribution is 6.02. The normalized spacial score (nSPS) is 11.3. The molecule has 0 saturated heterocycles. The van der Waals surface area contributed by atoms with Crippen LogP contribution in [-0.2, 0) is 0 Å². The molecule has 1 aromatic heterocycles. The van der Waals surface area contributed by atoms with Crippen LogP contribution in [0.2, 0.25) is 0 Å². The first-order valence-electron chi connectivity index (χ1n) is 8.37. The molecule has 0 fully saturated rings. The molecule has 0 saturated carbocycles. The zero-order valence-electron chi connectivity index (χ0n) is 15.6. The molecule has 144 valence electrons. The molecule has 28 heavy (non-hydrogen) atoms. The number of ether oxygens (including phenoxy) is 2. The molecule has 2 aromatic carbocycles. The molecule has 0 atom stereocenters. The summed E-state index contributed by atoms with van der Waals surface area (Å²) < 4.78 is 11.5. The van der Waals surface area contributed by atoms with Gasteiger partial charge in [0.05, 0.1) is 25.6 Å². The number of H-pyrrole nitrogens is 1. The van der Waals surface area contributed by atoms with Crippen LogP contribution in [0.4, 0.5) is 5.69 Å². The van der Waals surface area contributed by atoms with E-state index in [2.05, 4.69) is 9.98 Å². The Bertz CT molecular complexity index is 1150. The number of rotatable bonds is 5. The summed E-state index contributed by atoms with van der Waals surface area (Å²) in [5.41, 5.74) is -0.574. The van der Waals surface area contributed by atoms with Crippen molar-refractivity contribution in [3.8, 4) is 23.1 Å². The van der Waals surface area contributed by atoms with E-state index in [9.17, 15) is 14.7 Å². The third-order valence-corrected chi connectivity index (χ3v) is 4.14. The van der Waals surface area contributed by atoms with Crippen molar-refractivity contribution in [3.63, 3.8) is 0 Å². The van der Waals surface area contributed by atoms with Crippen molar-refractivity contribution in [3.05, 3.63) is 74.9 Å². The van der Waals surface area contributed by atoms with E-state index in [0.29, 0.717) is 22.9 Å². The SMILES string of the molecule is COc1ccc(OC)c(N=C(C)c2c(O)n(-c3ccccc3)c(=O)[nH]c2=O)c1. The summed E-state index contributed by atoms with van der Waals surface area (Å²) in [6.07, 6.45) is 0. The molecule has 0 aliphatic carbocycles. The first-order valence-corrected chi connectivity index (χ1v) is 8.37. The molecule has 2 N–H and O–H groups in total. The maximum Gasteiger partial charge on any atom is 0.335 e. The zero-order chi connectivity index (χ0) is 20.3. The number of hydrogen-bond acceptors (Lipinski definition) is 6. The van der Waals surface area contributed by atoms with Gasteiger partial charge >= 0.3 is 5.69 Å². The molecular formula is C20H19N3O5. The fourth-order valence-electron chi connectivity index (χ4n) is 2.79. The second kappa shape index (κ2) is 7.83. The molecule has 0 spiro atoms. The van der Waals surface area contributed by atoms with Gasteiger partial charge < -0.3 is 14.6 Å². The lowest BCUT2D eigenvalue weighted by molar-refractivity contribution is 0.404. The van der Waals surface area contributed by atoms with Crippen LogP contribution in [0.1, 0.15) is 12.5 Å². The van der Waals surface area contributed by atoms with Gasteiger partial charge in [-0.25, -0.2) is 14.4 Å². The Labute approximate surface area is 160 Å². The highest BCUT2D eigenvalue weighted by Gasteiger charge is 2.18. The number of nitrogens with one attached hydrogen (secondary N) is 1. The average Bonchev–Trinajstić information content (AvgIpc) is 2.68. The number of aromatic amines is 1. The van der Waals surface area contributed by atoms with Crippen LogP contribution in [0.25, 0.3) is 5.69 Å². The molecule has 8 nitrogen and oxygen atoms in total. The second-order valence-electron chi connectivity index (χ2n) is 5.86. The number of aliphatic imine (C=N–C) groups is 1. The summed E-state index contributed by atoms with van der Waals surface area (Å²) in [7, 11) is 3.02. The Balaban J connectivity index is 2.21. The number of para-hydroxylation sites is 1. The van der Waals surface area contributed by atoms with Crippen molar-refractivity contribution in [2.45, 2.75) is 6.92 Å². The first-order chi connectivity index (χ1) is 13.5. The summed E-state index contributed by atoms with van der Waals surface area (Å²) in [5.74, 6) is 0.523. The van der Waals surface area contributed by atoms with Crippen molar-refractivity contribution < 1.29 is 14.6 Å². The minimum absolute atomic E-state index is 0.117. The van der Waals surface area contributed by atoms with Crippen LogP contribution in [0.15, 0.2) is 63.1 Å². The first kappa shape index (κ1) is 19.0. The van der Waals surface area contributed by atoms with Gasteiger partial charge in [-0.15, -0.1) is 0 Å². The molecule has 0 aliphatic rings. The highest BCUT2D eigenvalue weighted by atomic mass is 16.5. The Kier molecular flexibility index (Phi) is 5.30. The number of methoxy groups -OCH3 is 2. The lowest BCUT2D eigenvalue weighted by Crippen LogP contribution is -2.32. The maximum atomic E-state index is 12.4. The molecule has 0 bridgehead atoms. The molecular weight excluding hydrogens is 362 g/mol. The van der Waals surface area contributed by atoms with Gasteiger partial charge in [-0.05, 0) is 31.2 Å². The fraction of sp³-hybridized carbons (Fsp3) is 0.150. The smallest absolute Gasteiger partial charge is 0.335 e. The van der Waals surface area contributed by atoms with Gasteiger partial charge in [-0.1, -0.05) is 18.2 Å². The van der Waals surface area contributed by atoms with E-state index < -0.39 is 17.1 Å². The fourth-order valence-corrected chi connectivity index (χ4v) is 2.79. The van der Waals surface area contributed by atoms with Crippen LogP contribution in [0, 0.1) is 0 Å². The average molecular weight is 381 g/mol. The van der Waals surface area contributed by atoms with Crippen LogP contribution >= 0.6 is 0 Å². The molecule has 0 unspecified atom stereocenters. The largest absolute Gasteiger partial charge is 0.497 e. The van der Waals surface area contributed by atoms with E-state index in [0.717, 1.165) is 4.57 Å². The molecule has 3 rings (SSSR count). The van der Waals surface area contributed by atoms with Crippen LogP contribution in [0.5, 0.6) is 17.4 Å². The quantitative estimate of drug-likeness (QED) is 0.660. The molecule has 0 radical (unpaired) electrons. The van der Waals surface area contributed by atoms with Crippen molar-refractivity contribution in [1.29, 1.82) is 0 Å². The minimum Gasteiger partial charge on any atom is -0.497 e. The van der Waals surface area contributed by atoms with Crippen molar-refractivity contribution in [2.75, 3.05) is 14.2 Å². The summed E-state index contributed by atoms with van der Waals surface area (Å²) >= 11 is 0.